The van der Waals surface area contributed by atoms with E-state index in [1.165, 1.54) is 83.9 Å². The molecule has 228 valence electrons. The summed E-state index contributed by atoms with van der Waals surface area (Å²) in [5, 5.41) is 0. The molecule has 0 fully saturated rings. The van der Waals surface area contributed by atoms with E-state index in [9.17, 15) is 0 Å². The maximum Gasteiger partial charge on any atom is 0.0725 e. The molecule has 0 saturated carbocycles. The van der Waals surface area contributed by atoms with Gasteiger partial charge in [-0.15, -0.1) is 0 Å². The molecule has 0 saturated heterocycles. The molecule has 10 rings (SSSR count). The minimum atomic E-state index is -0.309. The SMILES string of the molecule is CN(Cc1cccc2c1-c1ccccc1C21c2ccccc2-c2ccccc21)c1ccc(N2c3ccccc3Cc3ccccc32)cc1. The van der Waals surface area contributed by atoms with Crippen LogP contribution in [0.15, 0.2) is 164 Å². The van der Waals surface area contributed by atoms with Crippen LogP contribution in [-0.2, 0) is 18.4 Å². The predicted octanol–water partition coefficient (Wildman–Crippen LogP) is 11.0. The Hall–Kier alpha value is -5.86. The first-order valence-electron chi connectivity index (χ1n) is 16.9. The van der Waals surface area contributed by atoms with Gasteiger partial charge in [0, 0.05) is 42.8 Å². The standard InChI is InChI=1S/C46H34N2/c1-47(34-25-27-35(28-26-34)48-43-23-10-2-13-31(43)29-32-14-3-11-24-44(32)48)30-33-15-12-22-42-45(33)38-18-6-9-21-41(38)46(42)39-19-7-4-16-36(39)37-17-5-8-20-40(37)46/h2-28H,29-30H2,1H3. The lowest BCUT2D eigenvalue weighted by atomic mass is 9.70. The van der Waals surface area contributed by atoms with Crippen LogP contribution in [0.5, 0.6) is 0 Å². The van der Waals surface area contributed by atoms with Crippen LogP contribution in [0.4, 0.5) is 22.7 Å². The molecule has 0 N–H and O–H groups in total. The molecule has 0 unspecified atom stereocenters. The first kappa shape index (κ1) is 27.3. The number of hydrogen-bond acceptors (Lipinski definition) is 2. The van der Waals surface area contributed by atoms with Gasteiger partial charge in [-0.3, -0.25) is 0 Å². The van der Waals surface area contributed by atoms with E-state index < -0.39 is 0 Å². The topological polar surface area (TPSA) is 6.48 Å². The maximum absolute atomic E-state index is 2.41. The highest BCUT2D eigenvalue weighted by molar-refractivity contribution is 5.96. The molecule has 7 aromatic carbocycles. The van der Waals surface area contributed by atoms with Crippen molar-refractivity contribution in [3.63, 3.8) is 0 Å². The molecular weight excluding hydrogens is 581 g/mol. The third-order valence-corrected chi connectivity index (χ3v) is 10.9. The van der Waals surface area contributed by atoms with Crippen LogP contribution in [0, 0.1) is 0 Å². The summed E-state index contributed by atoms with van der Waals surface area (Å²) in [6.45, 7) is 0.811. The van der Waals surface area contributed by atoms with Crippen molar-refractivity contribution >= 4 is 22.7 Å². The molecule has 2 nitrogen and oxygen atoms in total. The van der Waals surface area contributed by atoms with E-state index in [1.54, 1.807) is 0 Å². The van der Waals surface area contributed by atoms with Crippen LogP contribution in [0.2, 0.25) is 0 Å². The highest BCUT2D eigenvalue weighted by atomic mass is 15.2. The molecule has 1 spiro atoms. The second kappa shape index (κ2) is 10.3. The maximum atomic E-state index is 2.41. The fraction of sp³-hybridized carbons (Fsp3) is 0.0870. The monoisotopic (exact) mass is 614 g/mol. The Bertz CT molecular complexity index is 2290. The van der Waals surface area contributed by atoms with Crippen LogP contribution >= 0.6 is 0 Å². The Balaban J connectivity index is 1.05. The Morgan fingerprint density at radius 1 is 0.500 bits per heavy atom. The van der Waals surface area contributed by atoms with Crippen molar-refractivity contribution in [3.05, 3.63) is 203 Å². The molecule has 1 heterocycles. The highest BCUT2D eigenvalue weighted by Gasteiger charge is 2.51. The second-order valence-electron chi connectivity index (χ2n) is 13.4. The van der Waals surface area contributed by atoms with Crippen molar-refractivity contribution in [2.75, 3.05) is 16.8 Å². The smallest absolute Gasteiger partial charge is 0.0725 e. The summed E-state index contributed by atoms with van der Waals surface area (Å²) in [4.78, 5) is 4.80. The molecule has 0 aromatic heterocycles. The van der Waals surface area contributed by atoms with Gasteiger partial charge in [0.25, 0.3) is 0 Å². The third-order valence-electron chi connectivity index (χ3n) is 10.9. The number of fused-ring (bicyclic) bond motifs is 12. The van der Waals surface area contributed by atoms with Gasteiger partial charge in [0.05, 0.1) is 5.41 Å². The summed E-state index contributed by atoms with van der Waals surface area (Å²) in [6, 6.07) is 60.8. The summed E-state index contributed by atoms with van der Waals surface area (Å²) < 4.78 is 0. The molecular formula is C46H34N2. The van der Waals surface area contributed by atoms with Gasteiger partial charge in [-0.05, 0) is 97.6 Å². The Morgan fingerprint density at radius 3 is 1.62 bits per heavy atom. The van der Waals surface area contributed by atoms with Gasteiger partial charge >= 0.3 is 0 Å². The summed E-state index contributed by atoms with van der Waals surface area (Å²) in [7, 11) is 2.22. The van der Waals surface area contributed by atoms with E-state index >= 15 is 0 Å². The first-order valence-corrected chi connectivity index (χ1v) is 16.9. The molecule has 3 aliphatic rings. The number of nitrogens with zero attached hydrogens (tertiary/aromatic N) is 2. The van der Waals surface area contributed by atoms with Gasteiger partial charge in [-0.2, -0.15) is 0 Å². The highest BCUT2D eigenvalue weighted by Crippen LogP contribution is 2.63. The molecule has 1 aliphatic heterocycles. The van der Waals surface area contributed by atoms with Gasteiger partial charge in [0.2, 0.25) is 0 Å². The van der Waals surface area contributed by atoms with E-state index in [0.29, 0.717) is 0 Å². The minimum absolute atomic E-state index is 0.309. The number of anilines is 4. The van der Waals surface area contributed by atoms with Crippen LogP contribution in [0.25, 0.3) is 22.3 Å². The normalized spacial score (nSPS) is 14.1. The van der Waals surface area contributed by atoms with E-state index in [-0.39, 0.29) is 5.41 Å². The van der Waals surface area contributed by atoms with Crippen molar-refractivity contribution in [1.29, 1.82) is 0 Å². The van der Waals surface area contributed by atoms with Crippen LogP contribution in [0.1, 0.15) is 38.9 Å². The first-order chi connectivity index (χ1) is 23.7. The molecule has 2 heteroatoms. The zero-order chi connectivity index (χ0) is 31.8. The van der Waals surface area contributed by atoms with Crippen molar-refractivity contribution < 1.29 is 0 Å². The summed E-state index contributed by atoms with van der Waals surface area (Å²) in [5.41, 5.74) is 19.7. The van der Waals surface area contributed by atoms with Gasteiger partial charge in [-0.1, -0.05) is 127 Å². The van der Waals surface area contributed by atoms with E-state index in [0.717, 1.165) is 13.0 Å². The largest absolute Gasteiger partial charge is 0.370 e. The third kappa shape index (κ3) is 3.69. The minimum Gasteiger partial charge on any atom is -0.370 e. The molecule has 7 aromatic rings. The predicted molar refractivity (Wildman–Crippen MR) is 199 cm³/mol. The van der Waals surface area contributed by atoms with Gasteiger partial charge < -0.3 is 9.80 Å². The number of para-hydroxylation sites is 2. The fourth-order valence-electron chi connectivity index (χ4n) is 8.92. The Morgan fingerprint density at radius 2 is 1.00 bits per heavy atom. The lowest BCUT2D eigenvalue weighted by molar-refractivity contribution is 0.792. The zero-order valence-electron chi connectivity index (χ0n) is 26.9. The summed E-state index contributed by atoms with van der Waals surface area (Å²) in [6.07, 6.45) is 0.965. The molecule has 48 heavy (non-hydrogen) atoms. The van der Waals surface area contributed by atoms with Gasteiger partial charge in [0.15, 0.2) is 0 Å². The lowest BCUT2D eigenvalue weighted by Gasteiger charge is -2.33. The second-order valence-corrected chi connectivity index (χ2v) is 13.4. The molecule has 0 bridgehead atoms. The van der Waals surface area contributed by atoms with Gasteiger partial charge in [-0.25, -0.2) is 0 Å². The summed E-state index contributed by atoms with van der Waals surface area (Å²) in [5.74, 6) is 0. The van der Waals surface area contributed by atoms with Crippen LogP contribution in [-0.4, -0.2) is 7.05 Å². The van der Waals surface area contributed by atoms with Crippen molar-refractivity contribution in [1.82, 2.24) is 0 Å². The molecule has 0 amide bonds. The Kier molecular flexibility index (Phi) is 5.86. The van der Waals surface area contributed by atoms with Crippen molar-refractivity contribution in [2.24, 2.45) is 0 Å². The number of rotatable bonds is 4. The quantitative estimate of drug-likeness (QED) is 0.195. The van der Waals surface area contributed by atoms with Crippen LogP contribution in [0.3, 0.4) is 0 Å². The van der Waals surface area contributed by atoms with Gasteiger partial charge in [0.1, 0.15) is 0 Å². The van der Waals surface area contributed by atoms with E-state index in [4.69, 9.17) is 0 Å². The molecule has 2 aliphatic carbocycles. The number of benzene rings is 7. The average molecular weight is 615 g/mol. The fourth-order valence-corrected chi connectivity index (χ4v) is 8.92. The van der Waals surface area contributed by atoms with Crippen molar-refractivity contribution in [2.45, 2.75) is 18.4 Å². The van der Waals surface area contributed by atoms with E-state index in [2.05, 4.69) is 181 Å². The molecule has 0 atom stereocenters. The Labute approximate surface area is 282 Å². The van der Waals surface area contributed by atoms with Crippen molar-refractivity contribution in [3.8, 4) is 22.3 Å². The average Bonchev–Trinajstić information content (AvgIpc) is 3.62. The summed E-state index contributed by atoms with van der Waals surface area (Å²) >= 11 is 0. The zero-order valence-corrected chi connectivity index (χ0v) is 26.9. The molecule has 0 radical (unpaired) electrons. The van der Waals surface area contributed by atoms with Crippen LogP contribution < -0.4 is 9.80 Å². The lowest BCUT2D eigenvalue weighted by Crippen LogP contribution is -2.26. The van der Waals surface area contributed by atoms with E-state index in [1.807, 2.05) is 0 Å². The number of hydrogen-bond donors (Lipinski definition) is 0.